The van der Waals surface area contributed by atoms with E-state index in [1.807, 2.05) is 11.1 Å². The van der Waals surface area contributed by atoms with E-state index < -0.39 is 0 Å². The van der Waals surface area contributed by atoms with E-state index >= 15 is 0 Å². The van der Waals surface area contributed by atoms with E-state index in [1.54, 1.807) is 22.7 Å². The average molecular weight is 356 g/mol. The smallest absolute Gasteiger partial charge is 0.237 e. The van der Waals surface area contributed by atoms with Gasteiger partial charge in [0.1, 0.15) is 5.88 Å². The molecular weight excluding hydrogens is 338 g/mol. The fourth-order valence-corrected chi connectivity index (χ4v) is 4.37. The summed E-state index contributed by atoms with van der Waals surface area (Å²) in [5, 5.41) is 5.45. The van der Waals surface area contributed by atoms with E-state index in [2.05, 4.69) is 26.7 Å². The predicted molar refractivity (Wildman–Crippen MR) is 91.8 cm³/mol. The first-order valence-electron chi connectivity index (χ1n) is 7.25. The molecule has 0 spiro atoms. The summed E-state index contributed by atoms with van der Waals surface area (Å²) in [7, 11) is 0. The summed E-state index contributed by atoms with van der Waals surface area (Å²) in [6.07, 6.45) is 2.91. The molecule has 118 valence electrons. The Hall–Kier alpha value is -0.950. The Morgan fingerprint density at radius 2 is 2.14 bits per heavy atom. The zero-order valence-corrected chi connectivity index (χ0v) is 14.6. The summed E-state index contributed by atoms with van der Waals surface area (Å²) in [5.41, 5.74) is 1.33. The second-order valence-electron chi connectivity index (χ2n) is 5.32. The normalized spacial score (nSPS) is 16.1. The van der Waals surface area contributed by atoms with Gasteiger partial charge < -0.3 is 4.90 Å². The van der Waals surface area contributed by atoms with E-state index in [-0.39, 0.29) is 11.8 Å². The molecule has 1 fully saturated rings. The highest BCUT2D eigenvalue weighted by Gasteiger charge is 2.20. The van der Waals surface area contributed by atoms with Gasteiger partial charge in [0.2, 0.25) is 5.91 Å². The fourth-order valence-electron chi connectivity index (χ4n) is 2.53. The molecule has 0 N–H and O–H groups in total. The third-order valence-electron chi connectivity index (χ3n) is 3.76. The highest BCUT2D eigenvalue weighted by atomic mass is 35.5. The van der Waals surface area contributed by atoms with Crippen LogP contribution in [0.1, 0.15) is 15.4 Å². The Morgan fingerprint density at radius 1 is 1.32 bits per heavy atom. The molecule has 0 unspecified atom stereocenters. The van der Waals surface area contributed by atoms with Gasteiger partial charge in [-0.25, -0.2) is 4.98 Å². The lowest BCUT2D eigenvalue weighted by atomic mass is 10.2. The van der Waals surface area contributed by atoms with Crippen LogP contribution in [0, 0.1) is 0 Å². The minimum absolute atomic E-state index is 0.0390. The maximum absolute atomic E-state index is 11.6. The van der Waals surface area contributed by atoms with Crippen LogP contribution < -0.4 is 0 Å². The Kier molecular flexibility index (Phi) is 5.46. The van der Waals surface area contributed by atoms with Gasteiger partial charge in [0, 0.05) is 50.2 Å². The Labute approximate surface area is 143 Å². The van der Waals surface area contributed by atoms with Crippen molar-refractivity contribution >= 4 is 40.2 Å². The first-order chi connectivity index (χ1) is 10.7. The minimum atomic E-state index is 0.0390. The number of nitrogens with zero attached hydrogens (tertiary/aromatic N) is 3. The molecule has 2 aromatic rings. The monoisotopic (exact) mass is 355 g/mol. The molecule has 4 nitrogen and oxygen atoms in total. The van der Waals surface area contributed by atoms with E-state index in [0.717, 1.165) is 39.1 Å². The van der Waals surface area contributed by atoms with Gasteiger partial charge in [0.25, 0.3) is 0 Å². The summed E-state index contributed by atoms with van der Waals surface area (Å²) in [5.74, 6) is 0.123. The molecule has 1 amide bonds. The van der Waals surface area contributed by atoms with Crippen molar-refractivity contribution in [1.82, 2.24) is 14.8 Å². The number of thiazole rings is 1. The number of carbonyl (C=O) groups is 1. The largest absolute Gasteiger partial charge is 0.339 e. The Bertz CT molecular complexity index is 606. The molecule has 0 radical (unpaired) electrons. The third kappa shape index (κ3) is 4.07. The predicted octanol–water partition coefficient (Wildman–Crippen LogP) is 2.68. The maximum atomic E-state index is 11.6. The molecule has 0 saturated carbocycles. The lowest BCUT2D eigenvalue weighted by molar-refractivity contribution is -0.130. The topological polar surface area (TPSA) is 36.4 Å². The first kappa shape index (κ1) is 15.9. The highest BCUT2D eigenvalue weighted by molar-refractivity contribution is 7.11. The molecule has 22 heavy (non-hydrogen) atoms. The van der Waals surface area contributed by atoms with Crippen molar-refractivity contribution in [3.8, 4) is 0 Å². The molecule has 1 saturated heterocycles. The fraction of sp³-hybridized carbons (Fsp3) is 0.467. The van der Waals surface area contributed by atoms with E-state index in [4.69, 9.17) is 11.6 Å². The van der Waals surface area contributed by atoms with Crippen molar-refractivity contribution in [3.05, 3.63) is 38.5 Å². The lowest BCUT2D eigenvalue weighted by Gasteiger charge is -2.34. The molecule has 2 aromatic heterocycles. The van der Waals surface area contributed by atoms with Crippen molar-refractivity contribution in [2.75, 3.05) is 32.1 Å². The zero-order valence-electron chi connectivity index (χ0n) is 12.2. The minimum Gasteiger partial charge on any atom is -0.339 e. The third-order valence-corrected chi connectivity index (χ3v) is 5.70. The number of halogens is 1. The van der Waals surface area contributed by atoms with Gasteiger partial charge in [-0.05, 0) is 22.4 Å². The number of alkyl halides is 1. The lowest BCUT2D eigenvalue weighted by Crippen LogP contribution is -2.48. The summed E-state index contributed by atoms with van der Waals surface area (Å²) in [6, 6.07) is 2.15. The van der Waals surface area contributed by atoms with Gasteiger partial charge in [-0.2, -0.15) is 11.3 Å². The SMILES string of the molecule is O=C(CCl)N1CCN(Cc2cnc(Cc3ccsc3)s2)CC1. The molecule has 0 aliphatic carbocycles. The van der Waals surface area contributed by atoms with Crippen LogP contribution in [-0.4, -0.2) is 52.8 Å². The Morgan fingerprint density at radius 3 is 2.82 bits per heavy atom. The van der Waals surface area contributed by atoms with Crippen LogP contribution in [0.5, 0.6) is 0 Å². The van der Waals surface area contributed by atoms with Gasteiger partial charge in [-0.15, -0.1) is 22.9 Å². The number of aromatic nitrogens is 1. The summed E-state index contributed by atoms with van der Waals surface area (Å²) >= 11 is 9.11. The first-order valence-corrected chi connectivity index (χ1v) is 9.54. The van der Waals surface area contributed by atoms with Crippen molar-refractivity contribution in [3.63, 3.8) is 0 Å². The number of rotatable bonds is 5. The van der Waals surface area contributed by atoms with Crippen LogP contribution in [0.25, 0.3) is 0 Å². The van der Waals surface area contributed by atoms with Gasteiger partial charge >= 0.3 is 0 Å². The molecule has 3 heterocycles. The van der Waals surface area contributed by atoms with Gasteiger partial charge in [0.05, 0.1) is 5.01 Å². The number of amides is 1. The van der Waals surface area contributed by atoms with Crippen LogP contribution in [0.2, 0.25) is 0 Å². The van der Waals surface area contributed by atoms with Crippen LogP contribution in [0.4, 0.5) is 0 Å². The van der Waals surface area contributed by atoms with Crippen LogP contribution in [0.3, 0.4) is 0 Å². The molecule has 0 bridgehead atoms. The number of carbonyl (C=O) groups excluding carboxylic acids is 1. The average Bonchev–Trinajstić information content (AvgIpc) is 3.20. The van der Waals surface area contributed by atoms with Gasteiger partial charge in [-0.3, -0.25) is 9.69 Å². The van der Waals surface area contributed by atoms with Crippen LogP contribution in [0.15, 0.2) is 23.0 Å². The number of thiophene rings is 1. The number of hydrogen-bond donors (Lipinski definition) is 0. The number of hydrogen-bond acceptors (Lipinski definition) is 5. The maximum Gasteiger partial charge on any atom is 0.237 e. The van der Waals surface area contributed by atoms with E-state index in [9.17, 15) is 4.79 Å². The molecule has 3 rings (SSSR count). The second-order valence-corrected chi connectivity index (χ2v) is 7.57. The van der Waals surface area contributed by atoms with Crippen molar-refractivity contribution in [1.29, 1.82) is 0 Å². The van der Waals surface area contributed by atoms with E-state index in [1.165, 1.54) is 15.4 Å². The van der Waals surface area contributed by atoms with Crippen molar-refractivity contribution in [2.24, 2.45) is 0 Å². The van der Waals surface area contributed by atoms with Crippen LogP contribution in [-0.2, 0) is 17.8 Å². The van der Waals surface area contributed by atoms with Gasteiger partial charge in [-0.1, -0.05) is 0 Å². The Balaban J connectivity index is 1.50. The quantitative estimate of drug-likeness (QED) is 0.774. The number of piperazine rings is 1. The van der Waals surface area contributed by atoms with Crippen molar-refractivity contribution in [2.45, 2.75) is 13.0 Å². The molecule has 1 aliphatic heterocycles. The van der Waals surface area contributed by atoms with Crippen molar-refractivity contribution < 1.29 is 4.79 Å². The standard InChI is InChI=1S/C15H18ClN3OS2/c16-8-15(20)19-4-2-18(3-5-19)10-13-9-17-14(22-13)7-12-1-6-21-11-12/h1,6,9,11H,2-5,7-8,10H2. The molecule has 0 atom stereocenters. The second kappa shape index (κ2) is 7.55. The molecule has 0 aromatic carbocycles. The van der Waals surface area contributed by atoms with Gasteiger partial charge in [0.15, 0.2) is 0 Å². The van der Waals surface area contributed by atoms with E-state index in [0.29, 0.717) is 0 Å². The zero-order chi connectivity index (χ0) is 15.4. The summed E-state index contributed by atoms with van der Waals surface area (Å²) in [6.45, 7) is 4.27. The molecule has 1 aliphatic rings. The highest BCUT2D eigenvalue weighted by Crippen LogP contribution is 2.20. The summed E-state index contributed by atoms with van der Waals surface area (Å²) in [4.78, 5) is 21.6. The molecule has 7 heteroatoms. The molecular formula is C15H18ClN3OS2. The van der Waals surface area contributed by atoms with Crippen LogP contribution >= 0.6 is 34.3 Å². The summed E-state index contributed by atoms with van der Waals surface area (Å²) < 4.78 is 0.